The molecule has 0 radical (unpaired) electrons. The van der Waals surface area contributed by atoms with Gasteiger partial charge in [0.2, 0.25) is 11.8 Å². The van der Waals surface area contributed by atoms with Gasteiger partial charge in [0.1, 0.15) is 11.6 Å². The minimum atomic E-state index is -0.975. The van der Waals surface area contributed by atoms with Crippen molar-refractivity contribution in [3.63, 3.8) is 0 Å². The van der Waals surface area contributed by atoms with Crippen LogP contribution >= 0.6 is 0 Å². The molecule has 8 nitrogen and oxygen atoms in total. The number of amides is 2. The molecular weight excluding hydrogens is 424 g/mol. The normalized spacial score (nSPS) is 29.9. The van der Waals surface area contributed by atoms with Crippen molar-refractivity contribution in [3.05, 3.63) is 12.7 Å². The highest BCUT2D eigenvalue weighted by molar-refractivity contribution is 5.98. The molecule has 3 fully saturated rings. The second-order valence-corrected chi connectivity index (χ2v) is 9.40. The minimum Gasteiger partial charge on any atom is -0.466 e. The van der Waals surface area contributed by atoms with Crippen molar-refractivity contribution >= 4 is 17.8 Å². The molecular formula is C25H40N2O6. The Bertz CT molecular complexity index is 728. The predicted molar refractivity (Wildman–Crippen MR) is 123 cm³/mol. The molecule has 8 heteroatoms. The summed E-state index contributed by atoms with van der Waals surface area (Å²) in [6.07, 6.45) is 7.63. The van der Waals surface area contributed by atoms with E-state index in [9.17, 15) is 14.4 Å². The van der Waals surface area contributed by atoms with Crippen molar-refractivity contribution in [3.8, 4) is 0 Å². The van der Waals surface area contributed by atoms with Crippen LogP contribution in [0.3, 0.4) is 0 Å². The van der Waals surface area contributed by atoms with Crippen LogP contribution in [0.4, 0.5) is 0 Å². The van der Waals surface area contributed by atoms with E-state index >= 15 is 0 Å². The third-order valence-corrected chi connectivity index (χ3v) is 7.34. The minimum absolute atomic E-state index is 0.100. The van der Waals surface area contributed by atoms with E-state index < -0.39 is 29.4 Å². The molecule has 1 spiro atoms. The van der Waals surface area contributed by atoms with Gasteiger partial charge in [-0.3, -0.25) is 14.4 Å². The second kappa shape index (κ2) is 11.5. The van der Waals surface area contributed by atoms with Gasteiger partial charge >= 0.3 is 5.97 Å². The van der Waals surface area contributed by atoms with E-state index in [0.29, 0.717) is 45.3 Å². The van der Waals surface area contributed by atoms with Crippen LogP contribution in [0.2, 0.25) is 0 Å². The Morgan fingerprint density at radius 1 is 1.27 bits per heavy atom. The average Bonchev–Trinajstić information content (AvgIpc) is 3.43. The van der Waals surface area contributed by atoms with Gasteiger partial charge in [-0.2, -0.15) is 0 Å². The van der Waals surface area contributed by atoms with E-state index in [1.807, 2.05) is 0 Å². The highest BCUT2D eigenvalue weighted by atomic mass is 16.6. The lowest BCUT2D eigenvalue weighted by Crippen LogP contribution is -2.56. The van der Waals surface area contributed by atoms with E-state index in [0.717, 1.165) is 25.7 Å². The zero-order chi connectivity index (χ0) is 24.0. The molecule has 0 aromatic rings. The van der Waals surface area contributed by atoms with Crippen molar-refractivity contribution in [1.82, 2.24) is 9.80 Å². The maximum atomic E-state index is 14.0. The second-order valence-electron chi connectivity index (χ2n) is 9.40. The average molecular weight is 465 g/mol. The predicted octanol–water partition coefficient (Wildman–Crippen LogP) is 2.29. The number of fused-ring (bicyclic) bond motifs is 1. The van der Waals surface area contributed by atoms with Crippen LogP contribution in [-0.4, -0.2) is 83.3 Å². The van der Waals surface area contributed by atoms with Crippen LogP contribution < -0.4 is 0 Å². The summed E-state index contributed by atoms with van der Waals surface area (Å²) in [6.45, 7) is 9.46. The lowest BCUT2D eigenvalue weighted by molar-refractivity contribution is -0.155. The summed E-state index contributed by atoms with van der Waals surface area (Å²) in [5.74, 6) is -2.03. The number of ether oxygens (including phenoxy) is 2. The molecule has 3 rings (SSSR count). The summed E-state index contributed by atoms with van der Waals surface area (Å²) in [5.41, 5.74) is -0.975. The lowest BCUT2D eigenvalue weighted by Gasteiger charge is -2.36. The Morgan fingerprint density at radius 3 is 2.73 bits per heavy atom. The highest BCUT2D eigenvalue weighted by Gasteiger charge is 2.74. The molecule has 5 atom stereocenters. The SMILES string of the molecule is C=CCN(CCCCC)C(=O)[C@H]1N(CCCCCO)C(=O)[C@@H]2[C@@H](C(=O)OCC)[C@H]3CC[C@]21O3. The Balaban J connectivity index is 1.91. The summed E-state index contributed by atoms with van der Waals surface area (Å²) < 4.78 is 11.7. The van der Waals surface area contributed by atoms with Gasteiger partial charge in [-0.25, -0.2) is 0 Å². The first kappa shape index (κ1) is 25.7. The number of rotatable bonds is 14. The summed E-state index contributed by atoms with van der Waals surface area (Å²) in [4.78, 5) is 43.9. The molecule has 0 aromatic heterocycles. The zero-order valence-electron chi connectivity index (χ0n) is 20.2. The van der Waals surface area contributed by atoms with Crippen LogP contribution in [0.15, 0.2) is 12.7 Å². The Morgan fingerprint density at radius 2 is 2.06 bits per heavy atom. The van der Waals surface area contributed by atoms with Crippen molar-refractivity contribution in [2.24, 2.45) is 11.8 Å². The molecule has 3 saturated heterocycles. The molecule has 2 bridgehead atoms. The topological polar surface area (TPSA) is 96.4 Å². The van der Waals surface area contributed by atoms with Gasteiger partial charge in [-0.1, -0.05) is 25.8 Å². The maximum absolute atomic E-state index is 14.0. The first-order chi connectivity index (χ1) is 16.0. The number of aliphatic hydroxyl groups is 1. The number of aliphatic hydroxyl groups excluding tert-OH is 1. The van der Waals surface area contributed by atoms with Crippen LogP contribution in [0.25, 0.3) is 0 Å². The van der Waals surface area contributed by atoms with E-state index in [1.165, 1.54) is 0 Å². The molecule has 0 unspecified atom stereocenters. The van der Waals surface area contributed by atoms with Crippen molar-refractivity contribution in [2.45, 2.75) is 83.0 Å². The fraction of sp³-hybridized carbons (Fsp3) is 0.800. The largest absolute Gasteiger partial charge is 0.466 e. The number of carbonyl (C=O) groups excluding carboxylic acids is 3. The monoisotopic (exact) mass is 464 g/mol. The van der Waals surface area contributed by atoms with E-state index in [1.54, 1.807) is 22.8 Å². The Hall–Kier alpha value is -1.93. The number of carbonyl (C=O) groups is 3. The zero-order valence-corrected chi connectivity index (χ0v) is 20.2. The van der Waals surface area contributed by atoms with Gasteiger partial charge in [0, 0.05) is 26.2 Å². The molecule has 0 saturated carbocycles. The highest BCUT2D eigenvalue weighted by Crippen LogP contribution is 2.58. The molecule has 0 aliphatic carbocycles. The summed E-state index contributed by atoms with van der Waals surface area (Å²) in [5, 5.41) is 9.13. The maximum Gasteiger partial charge on any atom is 0.312 e. The quantitative estimate of drug-likeness (QED) is 0.241. The van der Waals surface area contributed by atoms with Gasteiger partial charge in [0.05, 0.1) is 24.5 Å². The van der Waals surface area contributed by atoms with Crippen LogP contribution in [0, 0.1) is 11.8 Å². The number of esters is 1. The number of hydrogen-bond acceptors (Lipinski definition) is 6. The molecule has 2 amide bonds. The summed E-state index contributed by atoms with van der Waals surface area (Å²) in [6, 6.07) is -0.741. The third kappa shape index (κ3) is 4.83. The van der Waals surface area contributed by atoms with E-state index in [-0.39, 0.29) is 31.1 Å². The fourth-order valence-corrected chi connectivity index (χ4v) is 5.92. The van der Waals surface area contributed by atoms with Crippen LogP contribution in [-0.2, 0) is 23.9 Å². The third-order valence-electron chi connectivity index (χ3n) is 7.34. The van der Waals surface area contributed by atoms with Gasteiger partial charge in [0.15, 0.2) is 0 Å². The van der Waals surface area contributed by atoms with Crippen molar-refractivity contribution < 1.29 is 29.0 Å². The van der Waals surface area contributed by atoms with Crippen LogP contribution in [0.1, 0.15) is 65.2 Å². The van der Waals surface area contributed by atoms with Gasteiger partial charge < -0.3 is 24.4 Å². The van der Waals surface area contributed by atoms with Gasteiger partial charge in [0.25, 0.3) is 0 Å². The van der Waals surface area contributed by atoms with Gasteiger partial charge in [-0.05, 0) is 45.4 Å². The Kier molecular flexibility index (Phi) is 8.93. The van der Waals surface area contributed by atoms with Gasteiger partial charge in [-0.15, -0.1) is 6.58 Å². The number of nitrogens with zero attached hydrogens (tertiary/aromatic N) is 2. The molecule has 3 aliphatic rings. The lowest BCUT2D eigenvalue weighted by atomic mass is 9.70. The number of hydrogen-bond donors (Lipinski definition) is 1. The molecule has 3 heterocycles. The van der Waals surface area contributed by atoms with Crippen LogP contribution in [0.5, 0.6) is 0 Å². The Labute approximate surface area is 197 Å². The molecule has 186 valence electrons. The smallest absolute Gasteiger partial charge is 0.312 e. The molecule has 1 N–H and O–H groups in total. The number of unbranched alkanes of at least 4 members (excludes halogenated alkanes) is 4. The number of likely N-dealkylation sites (tertiary alicyclic amines) is 1. The van der Waals surface area contributed by atoms with E-state index in [2.05, 4.69) is 13.5 Å². The standard InChI is InChI=1S/C25H40N2O6/c1-4-7-9-15-26(14-5-2)23(30)21-25-13-12-18(33-25)19(24(31)32-6-3)20(25)22(29)27(21)16-10-8-11-17-28/h5,18-21,28H,2,4,6-17H2,1,3H3/t18-,19+,20+,21-,25+/m1/s1. The summed E-state index contributed by atoms with van der Waals surface area (Å²) in [7, 11) is 0. The first-order valence-corrected chi connectivity index (χ1v) is 12.6. The van der Waals surface area contributed by atoms with Crippen molar-refractivity contribution in [1.29, 1.82) is 0 Å². The summed E-state index contributed by atoms with van der Waals surface area (Å²) >= 11 is 0. The fourth-order valence-electron chi connectivity index (χ4n) is 5.92. The molecule has 33 heavy (non-hydrogen) atoms. The van der Waals surface area contributed by atoms with E-state index in [4.69, 9.17) is 14.6 Å². The first-order valence-electron chi connectivity index (χ1n) is 12.6. The molecule has 0 aromatic carbocycles. The molecule has 3 aliphatic heterocycles. The van der Waals surface area contributed by atoms with Crippen molar-refractivity contribution in [2.75, 3.05) is 32.8 Å².